The van der Waals surface area contributed by atoms with Crippen molar-refractivity contribution in [3.63, 3.8) is 0 Å². The fraction of sp³-hybridized carbons (Fsp3) is 0.200. The van der Waals surface area contributed by atoms with Crippen molar-refractivity contribution in [2.45, 2.75) is 18.9 Å². The Kier molecular flexibility index (Phi) is 4.60. The first-order valence-electron chi connectivity index (χ1n) is 6.15. The zero-order valence-corrected chi connectivity index (χ0v) is 10.4. The quantitative estimate of drug-likeness (QED) is 0.642. The monoisotopic (exact) mass is 262 g/mol. The van der Waals surface area contributed by atoms with Crippen molar-refractivity contribution in [2.75, 3.05) is 0 Å². The number of hydrogen-bond donors (Lipinski definition) is 2. The van der Waals surface area contributed by atoms with Gasteiger partial charge in [0.05, 0.1) is 0 Å². The normalized spacial score (nSPS) is 12.4. The maximum Gasteiger partial charge on any atom is 0.159 e. The molecule has 100 valence electrons. The SMILES string of the molecule is NNC(CCc1ccccc1)c1ccc(F)c(F)c1. The van der Waals surface area contributed by atoms with E-state index in [1.807, 2.05) is 30.3 Å². The first-order valence-corrected chi connectivity index (χ1v) is 6.15. The molecule has 1 unspecified atom stereocenters. The maximum atomic E-state index is 13.2. The van der Waals surface area contributed by atoms with Gasteiger partial charge in [0.1, 0.15) is 0 Å². The highest BCUT2D eigenvalue weighted by Crippen LogP contribution is 2.20. The first-order chi connectivity index (χ1) is 9.20. The topological polar surface area (TPSA) is 38.0 Å². The van der Waals surface area contributed by atoms with Crippen LogP contribution in [0.3, 0.4) is 0 Å². The third-order valence-electron chi connectivity index (χ3n) is 3.11. The molecule has 0 radical (unpaired) electrons. The second-order valence-corrected chi connectivity index (χ2v) is 4.42. The minimum absolute atomic E-state index is 0.199. The standard InChI is InChI=1S/C15H16F2N2/c16-13-8-7-12(10-14(13)17)15(19-18)9-6-11-4-2-1-3-5-11/h1-5,7-8,10,15,19H,6,9,18H2. The van der Waals surface area contributed by atoms with Crippen molar-refractivity contribution >= 4 is 0 Å². The Hall–Kier alpha value is -1.78. The van der Waals surface area contributed by atoms with Crippen LogP contribution in [-0.2, 0) is 6.42 Å². The second-order valence-electron chi connectivity index (χ2n) is 4.42. The van der Waals surface area contributed by atoms with Gasteiger partial charge in [0.15, 0.2) is 11.6 Å². The van der Waals surface area contributed by atoms with Gasteiger partial charge in [-0.1, -0.05) is 36.4 Å². The molecule has 2 nitrogen and oxygen atoms in total. The highest BCUT2D eigenvalue weighted by Gasteiger charge is 2.12. The Morgan fingerprint density at radius 1 is 1.00 bits per heavy atom. The van der Waals surface area contributed by atoms with Gasteiger partial charge in [0, 0.05) is 6.04 Å². The molecule has 0 aliphatic heterocycles. The van der Waals surface area contributed by atoms with Crippen molar-refractivity contribution < 1.29 is 8.78 Å². The van der Waals surface area contributed by atoms with Crippen LogP contribution in [-0.4, -0.2) is 0 Å². The lowest BCUT2D eigenvalue weighted by atomic mass is 9.99. The Labute approximate surface area is 111 Å². The summed E-state index contributed by atoms with van der Waals surface area (Å²) in [6.45, 7) is 0. The van der Waals surface area contributed by atoms with Crippen LogP contribution in [0.4, 0.5) is 8.78 Å². The summed E-state index contributed by atoms with van der Waals surface area (Å²) >= 11 is 0. The number of nitrogens with one attached hydrogen (secondary N) is 1. The molecule has 0 heterocycles. The molecule has 0 fully saturated rings. The van der Waals surface area contributed by atoms with Gasteiger partial charge in [-0.05, 0) is 36.1 Å². The summed E-state index contributed by atoms with van der Waals surface area (Å²) in [4.78, 5) is 0. The molecule has 1 atom stereocenters. The number of benzene rings is 2. The van der Waals surface area contributed by atoms with Crippen LogP contribution in [0.1, 0.15) is 23.6 Å². The number of hydrazine groups is 1. The van der Waals surface area contributed by atoms with E-state index in [2.05, 4.69) is 5.43 Å². The van der Waals surface area contributed by atoms with Gasteiger partial charge in [-0.2, -0.15) is 0 Å². The average Bonchev–Trinajstić information content (AvgIpc) is 2.44. The van der Waals surface area contributed by atoms with Crippen LogP contribution in [0, 0.1) is 11.6 Å². The van der Waals surface area contributed by atoms with Gasteiger partial charge in [-0.25, -0.2) is 8.78 Å². The third-order valence-corrected chi connectivity index (χ3v) is 3.11. The third kappa shape index (κ3) is 3.59. The molecule has 0 saturated heterocycles. The smallest absolute Gasteiger partial charge is 0.159 e. The van der Waals surface area contributed by atoms with E-state index in [0.717, 1.165) is 12.5 Å². The molecular formula is C15H16F2N2. The van der Waals surface area contributed by atoms with E-state index in [1.165, 1.54) is 11.6 Å². The lowest BCUT2D eigenvalue weighted by Gasteiger charge is -2.16. The predicted molar refractivity (Wildman–Crippen MR) is 71.2 cm³/mol. The van der Waals surface area contributed by atoms with Crippen LogP contribution in [0.15, 0.2) is 48.5 Å². The molecule has 0 bridgehead atoms. The Morgan fingerprint density at radius 2 is 1.74 bits per heavy atom. The summed E-state index contributed by atoms with van der Waals surface area (Å²) in [5.74, 6) is 3.80. The van der Waals surface area contributed by atoms with E-state index in [4.69, 9.17) is 5.84 Å². The average molecular weight is 262 g/mol. The number of halogens is 2. The summed E-state index contributed by atoms with van der Waals surface area (Å²) in [6, 6.07) is 13.6. The summed E-state index contributed by atoms with van der Waals surface area (Å²) in [7, 11) is 0. The molecule has 0 aliphatic carbocycles. The highest BCUT2D eigenvalue weighted by atomic mass is 19.2. The molecule has 19 heavy (non-hydrogen) atoms. The fourth-order valence-electron chi connectivity index (χ4n) is 2.03. The van der Waals surface area contributed by atoms with E-state index in [9.17, 15) is 8.78 Å². The molecule has 0 aromatic heterocycles. The lowest BCUT2D eigenvalue weighted by Crippen LogP contribution is -2.28. The van der Waals surface area contributed by atoms with Crippen molar-refractivity contribution in [3.05, 3.63) is 71.3 Å². The molecule has 2 aromatic carbocycles. The van der Waals surface area contributed by atoms with Crippen LogP contribution in [0.2, 0.25) is 0 Å². The molecular weight excluding hydrogens is 246 g/mol. The van der Waals surface area contributed by atoms with Gasteiger partial charge in [-0.15, -0.1) is 0 Å². The van der Waals surface area contributed by atoms with Crippen molar-refractivity contribution in [3.8, 4) is 0 Å². The molecule has 0 amide bonds. The number of hydrogen-bond acceptors (Lipinski definition) is 2. The largest absolute Gasteiger partial charge is 0.271 e. The fourth-order valence-corrected chi connectivity index (χ4v) is 2.03. The number of rotatable bonds is 5. The van der Waals surface area contributed by atoms with E-state index < -0.39 is 11.6 Å². The highest BCUT2D eigenvalue weighted by molar-refractivity contribution is 5.22. The second kappa shape index (κ2) is 6.41. The molecule has 2 aromatic rings. The summed E-state index contributed by atoms with van der Waals surface area (Å²) in [5, 5.41) is 0. The minimum Gasteiger partial charge on any atom is -0.271 e. The van der Waals surface area contributed by atoms with Crippen molar-refractivity contribution in [1.29, 1.82) is 0 Å². The Bertz CT molecular complexity index is 529. The van der Waals surface area contributed by atoms with Crippen molar-refractivity contribution in [2.24, 2.45) is 5.84 Å². The first kappa shape index (κ1) is 13.6. The molecule has 0 aliphatic rings. The van der Waals surface area contributed by atoms with E-state index in [-0.39, 0.29) is 6.04 Å². The maximum absolute atomic E-state index is 13.2. The van der Waals surface area contributed by atoms with Crippen LogP contribution >= 0.6 is 0 Å². The van der Waals surface area contributed by atoms with Gasteiger partial charge < -0.3 is 0 Å². The summed E-state index contributed by atoms with van der Waals surface area (Å²) in [6.07, 6.45) is 1.53. The Balaban J connectivity index is 2.05. The number of nitrogens with two attached hydrogens (primary N) is 1. The zero-order chi connectivity index (χ0) is 13.7. The zero-order valence-electron chi connectivity index (χ0n) is 10.4. The van der Waals surface area contributed by atoms with Gasteiger partial charge in [-0.3, -0.25) is 11.3 Å². The molecule has 3 N–H and O–H groups in total. The van der Waals surface area contributed by atoms with Crippen molar-refractivity contribution in [1.82, 2.24) is 5.43 Å². The molecule has 2 rings (SSSR count). The molecule has 0 saturated carbocycles. The van der Waals surface area contributed by atoms with E-state index in [1.54, 1.807) is 6.07 Å². The van der Waals surface area contributed by atoms with Crippen LogP contribution < -0.4 is 11.3 Å². The van der Waals surface area contributed by atoms with E-state index >= 15 is 0 Å². The molecule has 0 spiro atoms. The Morgan fingerprint density at radius 3 is 2.37 bits per heavy atom. The van der Waals surface area contributed by atoms with Gasteiger partial charge >= 0.3 is 0 Å². The number of aryl methyl sites for hydroxylation is 1. The van der Waals surface area contributed by atoms with Gasteiger partial charge in [0.25, 0.3) is 0 Å². The lowest BCUT2D eigenvalue weighted by molar-refractivity contribution is 0.488. The minimum atomic E-state index is -0.850. The van der Waals surface area contributed by atoms with E-state index in [0.29, 0.717) is 12.0 Å². The van der Waals surface area contributed by atoms with Gasteiger partial charge in [0.2, 0.25) is 0 Å². The summed E-state index contributed by atoms with van der Waals surface area (Å²) in [5.41, 5.74) is 4.48. The van der Waals surface area contributed by atoms with Crippen LogP contribution in [0.5, 0.6) is 0 Å². The molecule has 4 heteroatoms. The van der Waals surface area contributed by atoms with Crippen LogP contribution in [0.25, 0.3) is 0 Å². The predicted octanol–water partition coefficient (Wildman–Crippen LogP) is 3.10. The summed E-state index contributed by atoms with van der Waals surface area (Å²) < 4.78 is 26.1.